The minimum absolute atomic E-state index is 0.117. The zero-order valence-corrected chi connectivity index (χ0v) is 19.2. The lowest BCUT2D eigenvalue weighted by Crippen LogP contribution is -2.26. The summed E-state index contributed by atoms with van der Waals surface area (Å²) in [5.74, 6) is 2.62. The van der Waals surface area contributed by atoms with Crippen molar-refractivity contribution in [2.24, 2.45) is 11.3 Å². The van der Waals surface area contributed by atoms with Crippen LogP contribution in [-0.4, -0.2) is 19.6 Å². The number of benzene rings is 1. The van der Waals surface area contributed by atoms with Crippen molar-refractivity contribution in [2.45, 2.75) is 65.7 Å². The molecule has 1 aliphatic carbocycles. The lowest BCUT2D eigenvalue weighted by atomic mass is 9.70. The molecule has 0 amide bonds. The normalized spacial score (nSPS) is 20.3. The number of aromatic nitrogens is 4. The van der Waals surface area contributed by atoms with E-state index in [1.54, 1.807) is 0 Å². The Morgan fingerprint density at radius 3 is 2.55 bits per heavy atom. The maximum Gasteiger partial charge on any atom is 0.277 e. The van der Waals surface area contributed by atoms with Gasteiger partial charge in [0, 0.05) is 16.0 Å². The van der Waals surface area contributed by atoms with E-state index in [9.17, 15) is 4.79 Å². The first kappa shape index (κ1) is 20.3. The number of imidazole rings is 1. The summed E-state index contributed by atoms with van der Waals surface area (Å²) in [7, 11) is 0. The number of rotatable bonds is 3. The second kappa shape index (κ2) is 7.71. The minimum Gasteiger partial charge on any atom is -0.303 e. The number of nitrogens with zero attached hydrogens (tertiary/aromatic N) is 3. The zero-order valence-electron chi connectivity index (χ0n) is 17.6. The van der Waals surface area contributed by atoms with Crippen LogP contribution in [0.1, 0.15) is 70.8 Å². The SMILES string of the molecule is CCc1nc(C2CCC(C(C)(C)C)CC2)n2nc(-c3cccc(Br)c3)[nH]c(=O)c12. The number of fused-ring (bicyclic) bond motifs is 1. The van der Waals surface area contributed by atoms with Crippen molar-refractivity contribution in [3.05, 3.63) is 50.6 Å². The smallest absolute Gasteiger partial charge is 0.277 e. The molecule has 0 spiro atoms. The molecule has 5 nitrogen and oxygen atoms in total. The number of hydrogen-bond donors (Lipinski definition) is 1. The summed E-state index contributed by atoms with van der Waals surface area (Å²) in [6.07, 6.45) is 5.33. The molecule has 1 aliphatic rings. The van der Waals surface area contributed by atoms with Gasteiger partial charge in [0.25, 0.3) is 5.56 Å². The highest BCUT2D eigenvalue weighted by Crippen LogP contribution is 2.43. The molecule has 1 fully saturated rings. The Hall–Kier alpha value is -1.95. The van der Waals surface area contributed by atoms with Crippen LogP contribution in [0.4, 0.5) is 0 Å². The summed E-state index contributed by atoms with van der Waals surface area (Å²) in [5, 5.41) is 4.84. The summed E-state index contributed by atoms with van der Waals surface area (Å²) in [6, 6.07) is 7.84. The van der Waals surface area contributed by atoms with Crippen molar-refractivity contribution in [3.63, 3.8) is 0 Å². The fourth-order valence-corrected chi connectivity index (χ4v) is 4.99. The fourth-order valence-electron chi connectivity index (χ4n) is 4.59. The van der Waals surface area contributed by atoms with Crippen molar-refractivity contribution < 1.29 is 0 Å². The van der Waals surface area contributed by atoms with Crippen LogP contribution in [0.15, 0.2) is 33.5 Å². The molecule has 2 aromatic heterocycles. The maximum absolute atomic E-state index is 12.9. The van der Waals surface area contributed by atoms with Crippen LogP contribution in [0.2, 0.25) is 0 Å². The van der Waals surface area contributed by atoms with Gasteiger partial charge in [0.05, 0.1) is 5.69 Å². The van der Waals surface area contributed by atoms with Gasteiger partial charge in [-0.1, -0.05) is 55.8 Å². The number of aromatic amines is 1. The van der Waals surface area contributed by atoms with Gasteiger partial charge in [-0.25, -0.2) is 9.50 Å². The van der Waals surface area contributed by atoms with Crippen molar-refractivity contribution in [2.75, 3.05) is 0 Å². The first-order valence-electron chi connectivity index (χ1n) is 10.6. The summed E-state index contributed by atoms with van der Waals surface area (Å²) in [6.45, 7) is 9.06. The Morgan fingerprint density at radius 1 is 1.21 bits per heavy atom. The first-order chi connectivity index (χ1) is 13.8. The van der Waals surface area contributed by atoms with Crippen molar-refractivity contribution in [3.8, 4) is 11.4 Å². The van der Waals surface area contributed by atoms with Crippen LogP contribution in [-0.2, 0) is 6.42 Å². The molecular formula is C23H29BrN4O. The van der Waals surface area contributed by atoms with E-state index in [4.69, 9.17) is 10.1 Å². The van der Waals surface area contributed by atoms with E-state index in [1.165, 1.54) is 12.8 Å². The predicted octanol–water partition coefficient (Wildman–Crippen LogP) is 5.73. The molecule has 0 aliphatic heterocycles. The Morgan fingerprint density at radius 2 is 1.93 bits per heavy atom. The third-order valence-electron chi connectivity index (χ3n) is 6.35. The van der Waals surface area contributed by atoms with E-state index >= 15 is 0 Å². The molecule has 3 aromatic rings. The summed E-state index contributed by atoms with van der Waals surface area (Å²) >= 11 is 3.50. The molecule has 0 atom stereocenters. The van der Waals surface area contributed by atoms with E-state index in [0.717, 1.165) is 46.7 Å². The molecular weight excluding hydrogens is 428 g/mol. The van der Waals surface area contributed by atoms with Crippen molar-refractivity contribution in [1.82, 2.24) is 19.6 Å². The van der Waals surface area contributed by atoms with Gasteiger partial charge < -0.3 is 4.98 Å². The van der Waals surface area contributed by atoms with Crippen LogP contribution in [0, 0.1) is 11.3 Å². The van der Waals surface area contributed by atoms with Crippen LogP contribution in [0.25, 0.3) is 16.9 Å². The number of hydrogen-bond acceptors (Lipinski definition) is 3. The minimum atomic E-state index is -0.117. The van der Waals surface area contributed by atoms with Crippen LogP contribution in [0.5, 0.6) is 0 Å². The van der Waals surface area contributed by atoms with E-state index < -0.39 is 0 Å². The molecule has 0 bridgehead atoms. The van der Waals surface area contributed by atoms with Gasteiger partial charge in [-0.15, -0.1) is 5.10 Å². The van der Waals surface area contributed by atoms with Gasteiger partial charge in [-0.05, 0) is 55.6 Å². The van der Waals surface area contributed by atoms with Gasteiger partial charge in [0.15, 0.2) is 11.3 Å². The average Bonchev–Trinajstić information content (AvgIpc) is 3.07. The van der Waals surface area contributed by atoms with Crippen LogP contribution < -0.4 is 5.56 Å². The summed E-state index contributed by atoms with van der Waals surface area (Å²) in [5.41, 5.74) is 2.55. The molecule has 29 heavy (non-hydrogen) atoms. The third kappa shape index (κ3) is 3.91. The fraction of sp³-hybridized carbons (Fsp3) is 0.522. The Kier molecular flexibility index (Phi) is 5.40. The summed E-state index contributed by atoms with van der Waals surface area (Å²) < 4.78 is 2.79. The number of nitrogens with one attached hydrogen (secondary N) is 1. The lowest BCUT2D eigenvalue weighted by molar-refractivity contribution is 0.167. The molecule has 154 valence electrons. The molecule has 0 unspecified atom stereocenters. The van der Waals surface area contributed by atoms with Crippen molar-refractivity contribution >= 4 is 21.4 Å². The standard InChI is InChI=1S/C23H29BrN4O/c1-5-18-19-22(29)26-20(15-7-6-8-17(24)13-15)27-28(19)21(25-18)14-9-11-16(12-10-14)23(2,3)4/h6-8,13-14,16H,5,9-12H2,1-4H3,(H,26,27,29). The monoisotopic (exact) mass is 456 g/mol. The average molecular weight is 457 g/mol. The van der Waals surface area contributed by atoms with Gasteiger partial charge >= 0.3 is 0 Å². The number of aryl methyl sites for hydroxylation is 1. The highest BCUT2D eigenvalue weighted by molar-refractivity contribution is 9.10. The summed E-state index contributed by atoms with van der Waals surface area (Å²) in [4.78, 5) is 20.8. The maximum atomic E-state index is 12.9. The zero-order chi connectivity index (χ0) is 20.8. The first-order valence-corrected chi connectivity index (χ1v) is 11.3. The van der Waals surface area contributed by atoms with E-state index in [-0.39, 0.29) is 5.56 Å². The topological polar surface area (TPSA) is 63.1 Å². The second-order valence-corrected chi connectivity index (χ2v) is 10.2. The van der Waals surface area contributed by atoms with Crippen LogP contribution in [0.3, 0.4) is 0 Å². The molecule has 2 heterocycles. The van der Waals surface area contributed by atoms with Gasteiger partial charge in [0.2, 0.25) is 0 Å². The quantitative estimate of drug-likeness (QED) is 0.547. The Bertz CT molecular complexity index is 1080. The molecule has 4 rings (SSSR count). The molecule has 1 aromatic carbocycles. The van der Waals surface area contributed by atoms with E-state index in [1.807, 2.05) is 35.7 Å². The van der Waals surface area contributed by atoms with Crippen LogP contribution >= 0.6 is 15.9 Å². The number of H-pyrrole nitrogens is 1. The second-order valence-electron chi connectivity index (χ2n) is 9.26. The van der Waals surface area contributed by atoms with Gasteiger partial charge in [-0.2, -0.15) is 0 Å². The molecule has 0 radical (unpaired) electrons. The molecule has 1 N–H and O–H groups in total. The molecule has 6 heteroatoms. The predicted molar refractivity (Wildman–Crippen MR) is 120 cm³/mol. The Balaban J connectivity index is 1.78. The lowest BCUT2D eigenvalue weighted by Gasteiger charge is -2.36. The molecule has 1 saturated carbocycles. The third-order valence-corrected chi connectivity index (χ3v) is 6.84. The molecule has 0 saturated heterocycles. The number of halogens is 1. The highest BCUT2D eigenvalue weighted by atomic mass is 79.9. The van der Waals surface area contributed by atoms with E-state index in [0.29, 0.717) is 22.7 Å². The van der Waals surface area contributed by atoms with E-state index in [2.05, 4.69) is 41.7 Å². The largest absolute Gasteiger partial charge is 0.303 e. The van der Waals surface area contributed by atoms with Gasteiger partial charge in [-0.3, -0.25) is 4.79 Å². The Labute approximate surface area is 180 Å². The van der Waals surface area contributed by atoms with Crippen molar-refractivity contribution in [1.29, 1.82) is 0 Å². The highest BCUT2D eigenvalue weighted by Gasteiger charge is 2.32. The van der Waals surface area contributed by atoms with Gasteiger partial charge in [0.1, 0.15) is 5.82 Å².